The second kappa shape index (κ2) is 4.10. The van der Waals surface area contributed by atoms with Gasteiger partial charge in [-0.1, -0.05) is 0 Å². The van der Waals surface area contributed by atoms with E-state index in [0.29, 0.717) is 12.5 Å². The van der Waals surface area contributed by atoms with Gasteiger partial charge >= 0.3 is 0 Å². The van der Waals surface area contributed by atoms with Crippen molar-refractivity contribution in [1.82, 2.24) is 10.2 Å². The predicted octanol–water partition coefficient (Wildman–Crippen LogP) is 0.112. The fraction of sp³-hybridized carbons (Fsp3) is 0.909. The molecule has 0 radical (unpaired) electrons. The average Bonchev–Trinajstić information content (AvgIpc) is 2.55. The third kappa shape index (κ3) is 2.92. The van der Waals surface area contributed by atoms with Gasteiger partial charge in [0, 0.05) is 32.1 Å². The molecule has 0 saturated carbocycles. The molecule has 1 atom stereocenters. The second-order valence-electron chi connectivity index (χ2n) is 5.10. The molecule has 1 unspecified atom stereocenters. The molecule has 0 aliphatic carbocycles. The molecule has 1 amide bonds. The van der Waals surface area contributed by atoms with Gasteiger partial charge in [0.15, 0.2) is 0 Å². The first-order valence-corrected chi connectivity index (χ1v) is 5.79. The van der Waals surface area contributed by atoms with E-state index in [1.165, 1.54) is 0 Å². The molecule has 4 nitrogen and oxygen atoms in total. The number of carbonyl (C=O) groups excluding carboxylic acids is 1. The molecular weight excluding hydrogens is 192 g/mol. The van der Waals surface area contributed by atoms with Crippen molar-refractivity contribution in [3.63, 3.8) is 0 Å². The lowest BCUT2D eigenvalue weighted by molar-refractivity contribution is -0.119. The van der Waals surface area contributed by atoms with E-state index in [2.05, 4.69) is 10.2 Å². The van der Waals surface area contributed by atoms with Gasteiger partial charge in [0.25, 0.3) is 0 Å². The molecule has 2 fully saturated rings. The molecule has 0 aromatic rings. The van der Waals surface area contributed by atoms with Gasteiger partial charge in [-0.25, -0.2) is 0 Å². The number of likely N-dealkylation sites (tertiary alicyclic amines) is 1. The lowest BCUT2D eigenvalue weighted by Gasteiger charge is -2.36. The summed E-state index contributed by atoms with van der Waals surface area (Å²) in [4.78, 5) is 13.4. The van der Waals surface area contributed by atoms with Gasteiger partial charge in [0.2, 0.25) is 5.91 Å². The topological polar surface area (TPSA) is 52.6 Å². The van der Waals surface area contributed by atoms with Crippen LogP contribution >= 0.6 is 0 Å². The molecule has 0 bridgehead atoms. The van der Waals surface area contributed by atoms with Crippen LogP contribution in [-0.2, 0) is 4.79 Å². The van der Waals surface area contributed by atoms with Crippen LogP contribution in [0.2, 0.25) is 0 Å². The Hall–Kier alpha value is -0.610. The van der Waals surface area contributed by atoms with E-state index in [9.17, 15) is 9.90 Å². The Bertz CT molecular complexity index is 243. The number of hydrogen-bond acceptors (Lipinski definition) is 3. The van der Waals surface area contributed by atoms with Crippen molar-refractivity contribution >= 4 is 5.91 Å². The minimum atomic E-state index is -0.477. The number of rotatable bonds is 2. The lowest BCUT2D eigenvalue weighted by Crippen LogP contribution is -2.47. The van der Waals surface area contributed by atoms with Crippen molar-refractivity contribution in [2.75, 3.05) is 19.6 Å². The summed E-state index contributed by atoms with van der Waals surface area (Å²) in [6, 6.07) is 0.334. The summed E-state index contributed by atoms with van der Waals surface area (Å²) in [7, 11) is 0. The minimum absolute atomic E-state index is 0.184. The van der Waals surface area contributed by atoms with E-state index in [0.717, 1.165) is 38.9 Å². The van der Waals surface area contributed by atoms with E-state index in [1.807, 2.05) is 6.92 Å². The highest BCUT2D eigenvalue weighted by molar-refractivity contribution is 5.78. The zero-order valence-corrected chi connectivity index (χ0v) is 9.33. The monoisotopic (exact) mass is 212 g/mol. The summed E-state index contributed by atoms with van der Waals surface area (Å²) < 4.78 is 0. The Morgan fingerprint density at radius 2 is 2.20 bits per heavy atom. The van der Waals surface area contributed by atoms with Crippen LogP contribution in [0, 0.1) is 0 Å². The van der Waals surface area contributed by atoms with Crippen LogP contribution in [0.15, 0.2) is 0 Å². The van der Waals surface area contributed by atoms with E-state index in [1.54, 1.807) is 0 Å². The smallest absolute Gasteiger partial charge is 0.220 e. The van der Waals surface area contributed by atoms with Crippen molar-refractivity contribution in [2.24, 2.45) is 0 Å². The highest BCUT2D eigenvalue weighted by Crippen LogP contribution is 2.21. The number of nitrogens with zero attached hydrogens (tertiary/aromatic N) is 1. The molecule has 0 aromatic carbocycles. The third-order valence-electron chi connectivity index (χ3n) is 3.50. The SMILES string of the molecule is CC1(O)CCN(CC2CCC(=O)N2)CC1. The number of nitrogens with one attached hydrogen (secondary N) is 1. The Balaban J connectivity index is 1.75. The van der Waals surface area contributed by atoms with Gasteiger partial charge in [0.05, 0.1) is 5.60 Å². The van der Waals surface area contributed by atoms with Crippen LogP contribution in [0.3, 0.4) is 0 Å². The highest BCUT2D eigenvalue weighted by Gasteiger charge is 2.29. The zero-order valence-electron chi connectivity index (χ0n) is 9.33. The summed E-state index contributed by atoms with van der Waals surface area (Å²) in [5.74, 6) is 0.184. The van der Waals surface area contributed by atoms with Crippen LogP contribution in [0.5, 0.6) is 0 Å². The molecule has 2 aliphatic heterocycles. The van der Waals surface area contributed by atoms with Crippen molar-refractivity contribution < 1.29 is 9.90 Å². The Morgan fingerprint density at radius 3 is 2.73 bits per heavy atom. The average molecular weight is 212 g/mol. The maximum Gasteiger partial charge on any atom is 0.220 e. The molecule has 2 saturated heterocycles. The predicted molar refractivity (Wildman–Crippen MR) is 57.5 cm³/mol. The minimum Gasteiger partial charge on any atom is -0.390 e. The molecule has 4 heteroatoms. The molecule has 2 aliphatic rings. The van der Waals surface area contributed by atoms with Gasteiger partial charge in [-0.15, -0.1) is 0 Å². The second-order valence-corrected chi connectivity index (χ2v) is 5.10. The first-order valence-electron chi connectivity index (χ1n) is 5.79. The fourth-order valence-corrected chi connectivity index (χ4v) is 2.34. The molecule has 0 aromatic heterocycles. The first-order chi connectivity index (χ1) is 7.05. The molecule has 86 valence electrons. The molecule has 0 spiro atoms. The summed E-state index contributed by atoms with van der Waals surface area (Å²) in [5, 5.41) is 12.8. The Labute approximate surface area is 90.6 Å². The van der Waals surface area contributed by atoms with Gasteiger partial charge in [0.1, 0.15) is 0 Å². The summed E-state index contributed by atoms with van der Waals surface area (Å²) in [5.41, 5.74) is -0.477. The van der Waals surface area contributed by atoms with Crippen molar-refractivity contribution in [3.05, 3.63) is 0 Å². The molecule has 2 rings (SSSR count). The number of hydrogen-bond donors (Lipinski definition) is 2. The molecule has 15 heavy (non-hydrogen) atoms. The van der Waals surface area contributed by atoms with Crippen molar-refractivity contribution in [3.8, 4) is 0 Å². The van der Waals surface area contributed by atoms with Crippen LogP contribution in [-0.4, -0.2) is 47.2 Å². The largest absolute Gasteiger partial charge is 0.390 e. The number of amides is 1. The lowest BCUT2D eigenvalue weighted by atomic mass is 9.93. The van der Waals surface area contributed by atoms with Crippen LogP contribution in [0.25, 0.3) is 0 Å². The standard InChI is InChI=1S/C11H20N2O2/c1-11(15)4-6-13(7-5-11)8-9-2-3-10(14)12-9/h9,15H,2-8H2,1H3,(H,12,14). The normalized spacial score (nSPS) is 31.6. The molecular formula is C11H20N2O2. The van der Waals surface area contributed by atoms with Gasteiger partial charge in [-0.2, -0.15) is 0 Å². The summed E-state index contributed by atoms with van der Waals surface area (Å²) in [6.45, 7) is 4.74. The van der Waals surface area contributed by atoms with Gasteiger partial charge < -0.3 is 15.3 Å². The van der Waals surface area contributed by atoms with Gasteiger partial charge in [-0.05, 0) is 26.2 Å². The van der Waals surface area contributed by atoms with Crippen LogP contribution in [0.4, 0.5) is 0 Å². The maximum atomic E-state index is 11.0. The van der Waals surface area contributed by atoms with E-state index >= 15 is 0 Å². The third-order valence-corrected chi connectivity index (χ3v) is 3.50. The van der Waals surface area contributed by atoms with E-state index in [-0.39, 0.29) is 5.91 Å². The molecule has 2 N–H and O–H groups in total. The number of carbonyl (C=O) groups is 1. The zero-order chi connectivity index (χ0) is 10.9. The van der Waals surface area contributed by atoms with Crippen molar-refractivity contribution in [2.45, 2.75) is 44.2 Å². The highest BCUT2D eigenvalue weighted by atomic mass is 16.3. The first kappa shape index (κ1) is 10.9. The fourth-order valence-electron chi connectivity index (χ4n) is 2.34. The number of aliphatic hydroxyl groups is 1. The van der Waals surface area contributed by atoms with Gasteiger partial charge in [-0.3, -0.25) is 4.79 Å². The Kier molecular flexibility index (Phi) is 2.98. The van der Waals surface area contributed by atoms with Crippen molar-refractivity contribution in [1.29, 1.82) is 0 Å². The van der Waals surface area contributed by atoms with E-state index in [4.69, 9.17) is 0 Å². The van der Waals surface area contributed by atoms with Crippen LogP contribution < -0.4 is 5.32 Å². The maximum absolute atomic E-state index is 11.0. The summed E-state index contributed by atoms with van der Waals surface area (Å²) in [6.07, 6.45) is 3.32. The molecule has 2 heterocycles. The number of piperidine rings is 1. The Morgan fingerprint density at radius 1 is 1.53 bits per heavy atom. The van der Waals surface area contributed by atoms with Crippen LogP contribution in [0.1, 0.15) is 32.6 Å². The van der Waals surface area contributed by atoms with E-state index < -0.39 is 5.60 Å². The summed E-state index contributed by atoms with van der Waals surface area (Å²) >= 11 is 0. The quantitative estimate of drug-likeness (QED) is 0.683.